The van der Waals surface area contributed by atoms with Gasteiger partial charge in [-0.15, -0.1) is 0 Å². The number of methoxy groups -OCH3 is 1. The van der Waals surface area contributed by atoms with Crippen molar-refractivity contribution in [3.8, 4) is 5.88 Å². The number of carbonyl (C=O) groups is 1. The summed E-state index contributed by atoms with van der Waals surface area (Å²) in [5, 5.41) is 0. The highest BCUT2D eigenvalue weighted by Crippen LogP contribution is 2.27. The highest BCUT2D eigenvalue weighted by Gasteiger charge is 2.20. The van der Waals surface area contributed by atoms with Gasteiger partial charge in [-0.25, -0.2) is 19.2 Å². The van der Waals surface area contributed by atoms with Crippen LogP contribution in [0.2, 0.25) is 0 Å². The van der Waals surface area contributed by atoms with Crippen molar-refractivity contribution in [2.45, 2.75) is 13.0 Å². The predicted octanol–water partition coefficient (Wildman–Crippen LogP) is 2.89. The average molecular weight is 370 g/mol. The van der Waals surface area contributed by atoms with E-state index in [4.69, 9.17) is 10.5 Å². The molecule has 0 amide bonds. The molecule has 0 unspecified atom stereocenters. The molecule has 0 bridgehead atoms. The molecule has 1 heterocycles. The highest BCUT2D eigenvalue weighted by molar-refractivity contribution is 9.10. The van der Waals surface area contributed by atoms with E-state index in [1.54, 1.807) is 6.92 Å². The van der Waals surface area contributed by atoms with Gasteiger partial charge in [0, 0.05) is 5.56 Å². The fourth-order valence-electron chi connectivity index (χ4n) is 1.84. The van der Waals surface area contributed by atoms with Crippen LogP contribution < -0.4 is 10.5 Å². The molecule has 0 aliphatic heterocycles. The maximum absolute atomic E-state index is 13.5. The lowest BCUT2D eigenvalue weighted by Gasteiger charge is -2.17. The Labute approximate surface area is 134 Å². The van der Waals surface area contributed by atoms with E-state index >= 15 is 0 Å². The zero-order valence-corrected chi connectivity index (χ0v) is 13.4. The molecule has 8 heteroatoms. The molecule has 6 nitrogen and oxygen atoms in total. The van der Waals surface area contributed by atoms with Gasteiger partial charge < -0.3 is 15.2 Å². The smallest absolute Gasteiger partial charge is 0.338 e. The summed E-state index contributed by atoms with van der Waals surface area (Å²) in [5.74, 6) is -0.904. The summed E-state index contributed by atoms with van der Waals surface area (Å²) in [6.45, 7) is 1.64. The Morgan fingerprint density at radius 1 is 1.45 bits per heavy atom. The summed E-state index contributed by atoms with van der Waals surface area (Å²) in [5.41, 5.74) is 6.22. The fourth-order valence-corrected chi connectivity index (χ4v) is 2.11. The van der Waals surface area contributed by atoms with Gasteiger partial charge in [0.05, 0.1) is 18.9 Å². The number of rotatable bonds is 4. The number of nitrogen functional groups attached to an aromatic ring is 1. The molecular weight excluding hydrogens is 357 g/mol. The van der Waals surface area contributed by atoms with Crippen LogP contribution in [0.15, 0.2) is 29.0 Å². The van der Waals surface area contributed by atoms with Crippen LogP contribution in [-0.2, 0) is 4.74 Å². The van der Waals surface area contributed by atoms with Crippen molar-refractivity contribution >= 4 is 27.7 Å². The number of nitrogens with zero attached hydrogens (tertiary/aromatic N) is 2. The van der Waals surface area contributed by atoms with Crippen molar-refractivity contribution in [1.82, 2.24) is 9.97 Å². The van der Waals surface area contributed by atoms with Crippen molar-refractivity contribution in [3.63, 3.8) is 0 Å². The first-order valence-corrected chi connectivity index (χ1v) is 7.04. The largest absolute Gasteiger partial charge is 0.467 e. The Bertz CT molecular complexity index is 712. The zero-order chi connectivity index (χ0) is 16.3. The molecule has 1 aromatic heterocycles. The number of benzene rings is 1. The highest BCUT2D eigenvalue weighted by atomic mass is 79.9. The molecule has 0 radical (unpaired) electrons. The van der Waals surface area contributed by atoms with Gasteiger partial charge in [-0.3, -0.25) is 0 Å². The second kappa shape index (κ2) is 6.69. The molecule has 1 atom stereocenters. The minimum Gasteiger partial charge on any atom is -0.467 e. The molecule has 1 aromatic carbocycles. The van der Waals surface area contributed by atoms with Gasteiger partial charge in [-0.2, -0.15) is 0 Å². The molecule has 0 aliphatic carbocycles. The standard InChI is InChI=1S/C14H13BrFN3O3/c1-7(22-13-12(17)18-6-11(15)19-13)10-5-8(16)3-4-9(10)14(20)21-2/h3-7H,1-2H3,(H2,17,18)/t7-/m0/s1. The number of aromatic nitrogens is 2. The average Bonchev–Trinajstić information content (AvgIpc) is 2.50. The van der Waals surface area contributed by atoms with E-state index in [1.165, 1.54) is 31.5 Å². The normalized spacial score (nSPS) is 11.8. The zero-order valence-electron chi connectivity index (χ0n) is 11.8. The lowest BCUT2D eigenvalue weighted by atomic mass is 10.0. The lowest BCUT2D eigenvalue weighted by molar-refractivity contribution is 0.0595. The Balaban J connectivity index is 2.36. The number of hydrogen-bond acceptors (Lipinski definition) is 6. The van der Waals surface area contributed by atoms with E-state index in [0.717, 1.165) is 0 Å². The number of hydrogen-bond donors (Lipinski definition) is 1. The Morgan fingerprint density at radius 2 is 2.18 bits per heavy atom. The van der Waals surface area contributed by atoms with E-state index in [9.17, 15) is 9.18 Å². The number of carbonyl (C=O) groups excluding carboxylic acids is 1. The van der Waals surface area contributed by atoms with Crippen LogP contribution in [-0.4, -0.2) is 23.0 Å². The van der Waals surface area contributed by atoms with Crippen LogP contribution in [0.1, 0.15) is 28.9 Å². The summed E-state index contributed by atoms with van der Waals surface area (Å²) in [4.78, 5) is 19.7. The quantitative estimate of drug-likeness (QED) is 0.833. The maximum Gasteiger partial charge on any atom is 0.338 e. The molecule has 0 spiro atoms. The molecule has 22 heavy (non-hydrogen) atoms. The lowest BCUT2D eigenvalue weighted by Crippen LogP contribution is -2.13. The first-order valence-electron chi connectivity index (χ1n) is 6.24. The Morgan fingerprint density at radius 3 is 2.86 bits per heavy atom. The van der Waals surface area contributed by atoms with Crippen LogP contribution in [0.5, 0.6) is 5.88 Å². The van der Waals surface area contributed by atoms with Gasteiger partial charge >= 0.3 is 5.97 Å². The number of nitrogens with two attached hydrogens (primary N) is 1. The van der Waals surface area contributed by atoms with E-state index in [1.807, 2.05) is 0 Å². The summed E-state index contributed by atoms with van der Waals surface area (Å²) in [6, 6.07) is 3.72. The molecule has 116 valence electrons. The Kier molecular flexibility index (Phi) is 4.92. The van der Waals surface area contributed by atoms with Crippen LogP contribution in [0.4, 0.5) is 10.2 Å². The van der Waals surface area contributed by atoms with Gasteiger partial charge in [-0.1, -0.05) is 0 Å². The number of anilines is 1. The third-order valence-corrected chi connectivity index (χ3v) is 3.27. The van der Waals surface area contributed by atoms with Crippen LogP contribution >= 0.6 is 15.9 Å². The van der Waals surface area contributed by atoms with Gasteiger partial charge in [0.15, 0.2) is 5.82 Å². The molecule has 2 rings (SSSR count). The SMILES string of the molecule is COC(=O)c1ccc(F)cc1[C@H](C)Oc1nc(Br)cnc1N. The summed E-state index contributed by atoms with van der Waals surface area (Å²) >= 11 is 3.16. The van der Waals surface area contributed by atoms with E-state index in [-0.39, 0.29) is 17.3 Å². The van der Waals surface area contributed by atoms with Crippen LogP contribution in [0.25, 0.3) is 0 Å². The molecule has 0 saturated heterocycles. The molecule has 0 saturated carbocycles. The van der Waals surface area contributed by atoms with Gasteiger partial charge in [0.1, 0.15) is 16.5 Å². The second-order valence-corrected chi connectivity index (χ2v) is 5.18. The number of ether oxygens (including phenoxy) is 2. The molecule has 0 fully saturated rings. The first-order chi connectivity index (χ1) is 10.4. The van der Waals surface area contributed by atoms with Crippen LogP contribution in [0.3, 0.4) is 0 Å². The Hall–Kier alpha value is -2.22. The van der Waals surface area contributed by atoms with E-state index in [0.29, 0.717) is 10.2 Å². The predicted molar refractivity (Wildman–Crippen MR) is 80.9 cm³/mol. The number of halogens is 2. The van der Waals surface area contributed by atoms with Gasteiger partial charge in [0.2, 0.25) is 0 Å². The van der Waals surface area contributed by atoms with Gasteiger partial charge in [-0.05, 0) is 41.1 Å². The second-order valence-electron chi connectivity index (χ2n) is 4.37. The van der Waals surface area contributed by atoms with Crippen molar-refractivity contribution in [2.24, 2.45) is 0 Å². The maximum atomic E-state index is 13.5. The van der Waals surface area contributed by atoms with Crippen molar-refractivity contribution in [2.75, 3.05) is 12.8 Å². The van der Waals surface area contributed by atoms with E-state index in [2.05, 4.69) is 30.6 Å². The summed E-state index contributed by atoms with van der Waals surface area (Å²) in [6.07, 6.45) is 0.741. The number of esters is 1. The van der Waals surface area contributed by atoms with Crippen molar-refractivity contribution < 1.29 is 18.7 Å². The summed E-state index contributed by atoms with van der Waals surface area (Å²) < 4.78 is 24.2. The minimum absolute atomic E-state index is 0.0851. The minimum atomic E-state index is -0.685. The first kappa shape index (κ1) is 16.2. The molecular formula is C14H13BrFN3O3. The van der Waals surface area contributed by atoms with E-state index < -0.39 is 17.9 Å². The summed E-state index contributed by atoms with van der Waals surface area (Å²) in [7, 11) is 1.25. The van der Waals surface area contributed by atoms with Crippen molar-refractivity contribution in [1.29, 1.82) is 0 Å². The third kappa shape index (κ3) is 3.51. The van der Waals surface area contributed by atoms with Crippen LogP contribution in [0, 0.1) is 5.82 Å². The third-order valence-electron chi connectivity index (χ3n) is 2.88. The van der Waals surface area contributed by atoms with Crippen molar-refractivity contribution in [3.05, 3.63) is 45.9 Å². The topological polar surface area (TPSA) is 87.3 Å². The van der Waals surface area contributed by atoms with Gasteiger partial charge in [0.25, 0.3) is 5.88 Å². The molecule has 0 aliphatic rings. The molecule has 2 aromatic rings. The fraction of sp³-hybridized carbons (Fsp3) is 0.214. The molecule has 2 N–H and O–H groups in total. The monoisotopic (exact) mass is 369 g/mol.